The molecule has 2 atom stereocenters. The van der Waals surface area contributed by atoms with Gasteiger partial charge in [-0.1, -0.05) is 0 Å². The molecule has 2 heterocycles. The molecule has 0 saturated heterocycles. The summed E-state index contributed by atoms with van der Waals surface area (Å²) in [6.45, 7) is 2.28. The summed E-state index contributed by atoms with van der Waals surface area (Å²) in [5.74, 6) is 0. The largest absolute Gasteiger partial charge is 1.00 e. The van der Waals surface area contributed by atoms with Crippen molar-refractivity contribution in [1.29, 1.82) is 0 Å². The van der Waals surface area contributed by atoms with E-state index in [1.165, 1.54) is 20.1 Å². The first-order chi connectivity index (χ1) is 11.3. The Hall–Kier alpha value is -0.487. The second-order valence-corrected chi connectivity index (χ2v) is 10.9. The fourth-order valence-corrected chi connectivity index (χ4v) is 9.93. The molecule has 2 unspecified atom stereocenters. The molecule has 4 aliphatic rings. The molecule has 25 heavy (non-hydrogen) atoms. The van der Waals surface area contributed by atoms with E-state index in [2.05, 4.69) is 49.4 Å². The van der Waals surface area contributed by atoms with E-state index < -0.39 is 23.2 Å². The molecule has 0 bridgehead atoms. The summed E-state index contributed by atoms with van der Waals surface area (Å²) in [7, 11) is 2.65. The molecule has 0 saturated carbocycles. The summed E-state index contributed by atoms with van der Waals surface area (Å²) in [4.78, 5) is 0. The van der Waals surface area contributed by atoms with E-state index in [0.29, 0.717) is 0 Å². The van der Waals surface area contributed by atoms with Crippen molar-refractivity contribution < 1.29 is 48.0 Å². The average molecular weight is 440 g/mol. The third kappa shape index (κ3) is 2.54. The number of hydrogen-bond donors (Lipinski definition) is 0. The second-order valence-electron chi connectivity index (χ2n) is 7.26. The van der Waals surface area contributed by atoms with Gasteiger partial charge in [0, 0.05) is 0 Å². The fourth-order valence-electron chi connectivity index (χ4n) is 4.67. The van der Waals surface area contributed by atoms with E-state index in [1.54, 1.807) is 33.2 Å². The maximum absolute atomic E-state index is 2.54. The van der Waals surface area contributed by atoms with Gasteiger partial charge in [0.05, 0.1) is 0 Å². The van der Waals surface area contributed by atoms with Gasteiger partial charge in [0.1, 0.15) is 0 Å². The maximum Gasteiger partial charge on any atom is -1.00 e. The zero-order valence-corrected chi connectivity index (χ0v) is 18.0. The van der Waals surface area contributed by atoms with Crippen LogP contribution in [0.1, 0.15) is 42.0 Å². The van der Waals surface area contributed by atoms with Crippen LogP contribution in [-0.4, -0.2) is 14.6 Å². The van der Waals surface area contributed by atoms with Crippen LogP contribution < -0.4 is 24.8 Å². The van der Waals surface area contributed by atoms with Gasteiger partial charge in [-0.15, -0.1) is 0 Å². The zero-order chi connectivity index (χ0) is 15.1. The van der Waals surface area contributed by atoms with Gasteiger partial charge in [0.2, 0.25) is 0 Å². The third-order valence-corrected chi connectivity index (χ3v) is 10.9. The average Bonchev–Trinajstić information content (AvgIpc) is 3.50. The van der Waals surface area contributed by atoms with Gasteiger partial charge < -0.3 is 24.8 Å². The molecule has 2 aliphatic heterocycles. The Morgan fingerprint density at radius 1 is 0.840 bits per heavy atom. The number of rotatable bonds is 3. The van der Waals surface area contributed by atoms with Gasteiger partial charge in [0.15, 0.2) is 0 Å². The van der Waals surface area contributed by atoms with Gasteiger partial charge >= 0.3 is 151 Å². The molecule has 0 spiro atoms. The van der Waals surface area contributed by atoms with Crippen molar-refractivity contribution in [3.05, 3.63) is 81.2 Å². The molecule has 6 rings (SSSR count). The minimum absolute atomic E-state index is 0. The van der Waals surface area contributed by atoms with Crippen molar-refractivity contribution in [3.8, 4) is 0 Å². The van der Waals surface area contributed by atoms with Gasteiger partial charge in [-0.05, 0) is 0 Å². The number of fused-ring (bicyclic) bond motifs is 4. The quantitative estimate of drug-likeness (QED) is 0.460. The van der Waals surface area contributed by atoms with E-state index in [9.17, 15) is 0 Å². The van der Waals surface area contributed by atoms with Crippen molar-refractivity contribution in [2.75, 3.05) is 0 Å². The van der Waals surface area contributed by atoms with Crippen molar-refractivity contribution in [2.45, 2.75) is 20.6 Å². The van der Waals surface area contributed by atoms with E-state index in [1.807, 2.05) is 10.9 Å². The molecule has 0 N–H and O–H groups in total. The predicted octanol–water partition coefficient (Wildman–Crippen LogP) is -2.61. The molecule has 0 nitrogen and oxygen atoms in total. The van der Waals surface area contributed by atoms with Crippen LogP contribution in [0.5, 0.6) is 0 Å². The molecule has 2 aromatic rings. The first-order valence-electron chi connectivity index (χ1n) is 8.77. The van der Waals surface area contributed by atoms with E-state index >= 15 is 0 Å². The summed E-state index contributed by atoms with van der Waals surface area (Å²) in [6.07, 6.45) is 1.16. The minimum atomic E-state index is -0.541. The molecule has 0 fully saturated rings. The van der Waals surface area contributed by atoms with Crippen LogP contribution in [-0.2, 0) is 29.7 Å². The normalized spacial score (nSPS) is 22.3. The van der Waals surface area contributed by atoms with Gasteiger partial charge in [-0.3, -0.25) is 0 Å². The van der Waals surface area contributed by atoms with Gasteiger partial charge in [-0.2, -0.15) is 0 Å². The van der Waals surface area contributed by atoms with Crippen LogP contribution in [0.4, 0.5) is 0 Å². The maximum atomic E-state index is 2.54. The minimum Gasteiger partial charge on any atom is -1.00 e. The predicted molar refractivity (Wildman–Crippen MR) is 95.9 cm³/mol. The van der Waals surface area contributed by atoms with Crippen LogP contribution in [0, 0.1) is 0 Å². The summed E-state index contributed by atoms with van der Waals surface area (Å²) in [5.41, 5.74) is 15.2. The Kier molecular flexibility index (Phi) is 4.51. The molecular formula is C20H16B2Cl2Zr. The Balaban J connectivity index is 0.000000784. The number of aryl methyl sites for hydroxylation is 1. The summed E-state index contributed by atoms with van der Waals surface area (Å²) in [5, 5.41) is 0. The molecule has 0 aromatic heterocycles. The Bertz CT molecular complexity index is 964. The van der Waals surface area contributed by atoms with Crippen LogP contribution in [0.3, 0.4) is 0 Å². The number of allylic oxidation sites excluding steroid dienone is 2. The van der Waals surface area contributed by atoms with Crippen molar-refractivity contribution >= 4 is 25.5 Å². The zero-order valence-electron chi connectivity index (χ0n) is 14.1. The molecular weight excluding hydrogens is 424 g/mol. The Morgan fingerprint density at radius 2 is 1.48 bits per heavy atom. The Morgan fingerprint density at radius 3 is 2.20 bits per heavy atom. The van der Waals surface area contributed by atoms with Crippen molar-refractivity contribution in [2.24, 2.45) is 0 Å². The first kappa shape index (κ1) is 17.9. The SMILES string of the molecule is CCc1ccc2c(c1)[CH]([Zr+2][CH]1C3=C(B3)c3ccccc31)C1=C2B1.[Cl-].[Cl-]. The second kappa shape index (κ2) is 6.29. The smallest absolute Gasteiger partial charge is 1.00 e. The van der Waals surface area contributed by atoms with Gasteiger partial charge in [0.25, 0.3) is 0 Å². The van der Waals surface area contributed by atoms with Crippen molar-refractivity contribution in [1.82, 2.24) is 0 Å². The molecule has 120 valence electrons. The standard InChI is InChI=1S/C11H10B.C9H6B.2ClH.Zr/c1-2-7-3-4-9-8(5-7)6-10-11(9)12-10;1-2-4-7-6(3-1)5-8-9(7)10-8;;;/h3-6,12H,2H2,1H3;1-5,10H;2*1H;/q;;;;+2/p-2. The molecule has 2 aromatic carbocycles. The number of hydrogen-bond acceptors (Lipinski definition) is 0. The Labute approximate surface area is 174 Å². The molecule has 0 radical (unpaired) electrons. The summed E-state index contributed by atoms with van der Waals surface area (Å²) in [6, 6.07) is 16.5. The van der Waals surface area contributed by atoms with Crippen LogP contribution in [0.15, 0.2) is 53.4 Å². The molecule has 0 amide bonds. The van der Waals surface area contributed by atoms with E-state index in [0.717, 1.165) is 13.7 Å². The topological polar surface area (TPSA) is 0 Å². The van der Waals surface area contributed by atoms with Gasteiger partial charge in [-0.25, -0.2) is 0 Å². The van der Waals surface area contributed by atoms with Crippen molar-refractivity contribution in [3.63, 3.8) is 0 Å². The first-order valence-corrected chi connectivity index (χ1v) is 11.6. The third-order valence-electron chi connectivity index (χ3n) is 6.05. The fraction of sp³-hybridized carbons (Fsp3) is 0.200. The summed E-state index contributed by atoms with van der Waals surface area (Å²) < 4.78 is 1.72. The van der Waals surface area contributed by atoms with E-state index in [-0.39, 0.29) is 24.8 Å². The molecule has 2 aliphatic carbocycles. The van der Waals surface area contributed by atoms with Crippen LogP contribution >= 0.6 is 0 Å². The van der Waals surface area contributed by atoms with E-state index in [4.69, 9.17) is 0 Å². The van der Waals surface area contributed by atoms with Crippen LogP contribution in [0.25, 0.3) is 10.9 Å². The number of halogens is 2. The van der Waals surface area contributed by atoms with Crippen LogP contribution in [0.2, 0.25) is 0 Å². The number of benzene rings is 2. The summed E-state index contributed by atoms with van der Waals surface area (Å²) >= 11 is -0.541. The molecule has 5 heteroatoms. The monoisotopic (exact) mass is 438 g/mol.